The molecule has 7 nitrogen and oxygen atoms in total. The molecule has 1 atom stereocenters. The van der Waals surface area contributed by atoms with Crippen LogP contribution in [0.3, 0.4) is 0 Å². The van der Waals surface area contributed by atoms with Crippen LogP contribution >= 0.6 is 0 Å². The van der Waals surface area contributed by atoms with Crippen molar-refractivity contribution in [1.29, 1.82) is 0 Å². The molecule has 9 heteroatoms. The lowest BCUT2D eigenvalue weighted by Crippen LogP contribution is -2.34. The molecule has 0 heterocycles. The van der Waals surface area contributed by atoms with Crippen molar-refractivity contribution in [3.63, 3.8) is 0 Å². The van der Waals surface area contributed by atoms with E-state index in [1.165, 1.54) is 12.1 Å². The monoisotopic (exact) mass is 598 g/mol. The van der Waals surface area contributed by atoms with E-state index in [2.05, 4.69) is 5.32 Å². The van der Waals surface area contributed by atoms with E-state index in [0.29, 0.717) is 49.4 Å². The average molecular weight is 599 g/mol. The molecule has 3 aromatic carbocycles. The number of halogens is 2. The van der Waals surface area contributed by atoms with Crippen molar-refractivity contribution in [3.8, 4) is 5.75 Å². The van der Waals surface area contributed by atoms with Crippen molar-refractivity contribution >= 4 is 11.8 Å². The molecule has 0 saturated heterocycles. The van der Waals surface area contributed by atoms with Gasteiger partial charge in [0.05, 0.1) is 19.8 Å². The van der Waals surface area contributed by atoms with Gasteiger partial charge in [0.1, 0.15) is 17.4 Å². The van der Waals surface area contributed by atoms with Crippen molar-refractivity contribution in [2.24, 2.45) is 0 Å². The number of methoxy groups -OCH3 is 1. The minimum absolute atomic E-state index is 0.0605. The van der Waals surface area contributed by atoms with E-state index in [1.54, 1.807) is 26.2 Å². The van der Waals surface area contributed by atoms with Crippen LogP contribution in [0.1, 0.15) is 70.5 Å². The van der Waals surface area contributed by atoms with Crippen LogP contribution in [0.15, 0.2) is 60.7 Å². The number of nitrogens with one attached hydrogen (secondary N) is 1. The first-order chi connectivity index (χ1) is 20.6. The topological polar surface area (TPSA) is 88.1 Å². The van der Waals surface area contributed by atoms with Crippen molar-refractivity contribution in [2.45, 2.75) is 59.7 Å². The van der Waals surface area contributed by atoms with Gasteiger partial charge in [-0.15, -0.1) is 0 Å². The highest BCUT2D eigenvalue weighted by atomic mass is 19.1. The number of carbonyl (C=O) groups excluding carboxylic acids is 2. The van der Waals surface area contributed by atoms with Crippen LogP contribution in [0.4, 0.5) is 8.78 Å². The lowest BCUT2D eigenvalue weighted by atomic mass is 10.0. The number of aryl methyl sites for hydroxylation is 2. The number of hydrogen-bond donors (Lipinski definition) is 2. The van der Waals surface area contributed by atoms with Gasteiger partial charge < -0.3 is 24.8 Å². The smallest absolute Gasteiger partial charge is 0.253 e. The molecule has 43 heavy (non-hydrogen) atoms. The van der Waals surface area contributed by atoms with E-state index in [-0.39, 0.29) is 18.4 Å². The summed E-state index contributed by atoms with van der Waals surface area (Å²) in [7, 11) is 1.62. The number of carbonyl (C=O) groups is 2. The third-order valence-corrected chi connectivity index (χ3v) is 6.36. The van der Waals surface area contributed by atoms with Gasteiger partial charge in [0, 0.05) is 43.4 Å². The fourth-order valence-corrected chi connectivity index (χ4v) is 4.35. The first kappa shape index (κ1) is 35.4. The van der Waals surface area contributed by atoms with E-state index in [1.807, 2.05) is 56.0 Å². The van der Waals surface area contributed by atoms with Crippen LogP contribution < -0.4 is 10.1 Å². The molecule has 0 bridgehead atoms. The van der Waals surface area contributed by atoms with Gasteiger partial charge in [-0.25, -0.2) is 8.78 Å². The predicted octanol–water partition coefficient (Wildman–Crippen LogP) is 6.24. The summed E-state index contributed by atoms with van der Waals surface area (Å²) in [6, 6.07) is 16.2. The van der Waals surface area contributed by atoms with Gasteiger partial charge in [-0.2, -0.15) is 0 Å². The van der Waals surface area contributed by atoms with Crippen LogP contribution in [0.5, 0.6) is 5.75 Å². The maximum absolute atomic E-state index is 12.9. The Hall–Kier alpha value is -3.82. The predicted molar refractivity (Wildman–Crippen MR) is 164 cm³/mol. The molecule has 234 valence electrons. The van der Waals surface area contributed by atoms with Crippen LogP contribution in [-0.4, -0.2) is 61.3 Å². The minimum Gasteiger partial charge on any atom is -0.497 e. The zero-order valence-electron chi connectivity index (χ0n) is 25.8. The molecule has 3 aromatic rings. The highest BCUT2D eigenvalue weighted by Crippen LogP contribution is 2.15. The second-order valence-corrected chi connectivity index (χ2v) is 10.4. The Morgan fingerprint density at radius 2 is 1.53 bits per heavy atom. The fraction of sp³-hybridized carbons (Fsp3) is 0.412. The molecule has 0 aliphatic carbocycles. The standard InChI is InChI=1S/C27H38N2O5.C7H6F2/c1-5-11-29(12-6-2)27(32)23-15-20(3)14-22(17-23)26(31)28-18-24(30)10-13-34-19-21-8-7-9-25(16-21)33-4;1-5-2-6(8)4-7(9)3-5/h7-9,14-17,24,30H,5-6,10-13,18-19H2,1-4H3,(H,28,31);2-4H,1H3. The Kier molecular flexibility index (Phi) is 15.4. The molecule has 0 radical (unpaired) electrons. The second kappa shape index (κ2) is 18.7. The van der Waals surface area contributed by atoms with Gasteiger partial charge in [-0.05, 0) is 92.3 Å². The zero-order valence-corrected chi connectivity index (χ0v) is 25.8. The normalized spacial score (nSPS) is 11.3. The quantitative estimate of drug-likeness (QED) is 0.215. The van der Waals surface area contributed by atoms with E-state index in [4.69, 9.17) is 9.47 Å². The Bertz CT molecular complexity index is 1260. The summed E-state index contributed by atoms with van der Waals surface area (Å²) in [6.45, 7) is 9.86. The fourth-order valence-electron chi connectivity index (χ4n) is 4.35. The Balaban J connectivity index is 0.000000609. The molecule has 1 unspecified atom stereocenters. The number of benzene rings is 3. The Labute approximate surface area is 253 Å². The third kappa shape index (κ3) is 12.9. The van der Waals surface area contributed by atoms with E-state index < -0.39 is 17.7 Å². The van der Waals surface area contributed by atoms with Crippen molar-refractivity contribution in [2.75, 3.05) is 33.4 Å². The van der Waals surface area contributed by atoms with Crippen molar-refractivity contribution in [3.05, 3.63) is 100 Å². The maximum atomic E-state index is 12.9. The number of nitrogens with zero attached hydrogens (tertiary/aromatic N) is 1. The summed E-state index contributed by atoms with van der Waals surface area (Å²) >= 11 is 0. The van der Waals surface area contributed by atoms with Crippen LogP contribution in [0, 0.1) is 25.5 Å². The number of ether oxygens (including phenoxy) is 2. The van der Waals surface area contributed by atoms with Gasteiger partial charge in [0.25, 0.3) is 11.8 Å². The summed E-state index contributed by atoms with van der Waals surface area (Å²) in [6.07, 6.45) is 1.42. The Morgan fingerprint density at radius 3 is 2.14 bits per heavy atom. The third-order valence-electron chi connectivity index (χ3n) is 6.36. The van der Waals surface area contributed by atoms with Crippen molar-refractivity contribution in [1.82, 2.24) is 10.2 Å². The molecular weight excluding hydrogens is 554 g/mol. The number of aliphatic hydroxyl groups excluding tert-OH is 1. The SMILES string of the molecule is CCCN(CCC)C(=O)c1cc(C)cc(C(=O)NCC(O)CCOCc2cccc(OC)c2)c1.Cc1cc(F)cc(F)c1. The van der Waals surface area contributed by atoms with Crippen LogP contribution in [-0.2, 0) is 11.3 Å². The minimum atomic E-state index is -0.732. The molecule has 0 aromatic heterocycles. The highest BCUT2D eigenvalue weighted by Gasteiger charge is 2.17. The maximum Gasteiger partial charge on any atom is 0.253 e. The van der Waals surface area contributed by atoms with Gasteiger partial charge >= 0.3 is 0 Å². The summed E-state index contributed by atoms with van der Waals surface area (Å²) in [5, 5.41) is 13.0. The van der Waals surface area contributed by atoms with E-state index in [9.17, 15) is 23.5 Å². The van der Waals surface area contributed by atoms with E-state index >= 15 is 0 Å². The number of rotatable bonds is 14. The number of hydrogen-bond acceptors (Lipinski definition) is 5. The highest BCUT2D eigenvalue weighted by molar-refractivity contribution is 6.00. The second-order valence-electron chi connectivity index (χ2n) is 10.4. The molecule has 0 saturated carbocycles. The molecule has 0 spiro atoms. The number of amides is 2. The largest absolute Gasteiger partial charge is 0.497 e. The molecule has 2 amide bonds. The summed E-state index contributed by atoms with van der Waals surface area (Å²) < 4.78 is 35.2. The van der Waals surface area contributed by atoms with Gasteiger partial charge in [-0.3, -0.25) is 9.59 Å². The van der Waals surface area contributed by atoms with Gasteiger partial charge in [0.15, 0.2) is 0 Å². The zero-order chi connectivity index (χ0) is 31.8. The first-order valence-electron chi connectivity index (χ1n) is 14.6. The molecular formula is C34H44F2N2O5. The first-order valence-corrected chi connectivity index (χ1v) is 14.6. The summed E-state index contributed by atoms with van der Waals surface area (Å²) in [5.41, 5.74) is 3.36. The molecule has 0 fully saturated rings. The molecule has 0 aliphatic rings. The summed E-state index contributed by atoms with van der Waals surface area (Å²) in [5.74, 6) is -0.644. The molecule has 2 N–H and O–H groups in total. The lowest BCUT2D eigenvalue weighted by Gasteiger charge is -2.22. The lowest BCUT2D eigenvalue weighted by molar-refractivity contribution is 0.0693. The van der Waals surface area contributed by atoms with E-state index in [0.717, 1.165) is 35.8 Å². The molecule has 0 aliphatic heterocycles. The van der Waals surface area contributed by atoms with Crippen molar-refractivity contribution < 1.29 is 33.0 Å². The van der Waals surface area contributed by atoms with Gasteiger partial charge in [-0.1, -0.05) is 26.0 Å². The average Bonchev–Trinajstić information content (AvgIpc) is 2.97. The Morgan fingerprint density at radius 1 is 0.907 bits per heavy atom. The van der Waals surface area contributed by atoms with Crippen LogP contribution in [0.2, 0.25) is 0 Å². The molecule has 3 rings (SSSR count). The number of aliphatic hydroxyl groups is 1. The summed E-state index contributed by atoms with van der Waals surface area (Å²) in [4.78, 5) is 27.4. The van der Waals surface area contributed by atoms with Gasteiger partial charge in [0.2, 0.25) is 0 Å². The van der Waals surface area contributed by atoms with Crippen LogP contribution in [0.25, 0.3) is 0 Å².